The van der Waals surface area contributed by atoms with Crippen LogP contribution in [0.15, 0.2) is 23.1 Å². The van der Waals surface area contributed by atoms with Crippen molar-refractivity contribution in [3.63, 3.8) is 0 Å². The van der Waals surface area contributed by atoms with Crippen molar-refractivity contribution in [2.75, 3.05) is 20.2 Å². The number of nitrogens with one attached hydrogen (secondary N) is 1. The first-order chi connectivity index (χ1) is 8.42. The maximum atomic E-state index is 11.8. The molecular weight excluding hydrogens is 280 g/mol. The third-order valence-electron chi connectivity index (χ3n) is 2.08. The van der Waals surface area contributed by atoms with Crippen LogP contribution in [0.2, 0.25) is 5.02 Å². The first kappa shape index (κ1) is 14.9. The van der Waals surface area contributed by atoms with Crippen LogP contribution in [0.4, 0.5) is 0 Å². The van der Waals surface area contributed by atoms with Crippen LogP contribution in [-0.2, 0) is 14.8 Å². The maximum Gasteiger partial charge on any atom is 0.337 e. The highest BCUT2D eigenvalue weighted by atomic mass is 35.5. The van der Waals surface area contributed by atoms with E-state index in [1.54, 1.807) is 0 Å². The summed E-state index contributed by atoms with van der Waals surface area (Å²) >= 11 is 5.84. The molecule has 0 saturated heterocycles. The minimum atomic E-state index is -3.72. The van der Waals surface area contributed by atoms with Gasteiger partial charge >= 0.3 is 5.97 Å². The molecule has 8 heteroatoms. The number of benzene rings is 1. The molecule has 0 aliphatic rings. The SMILES string of the molecule is COC(=O)c1ccc(S(=O)(=O)NCCN)c(Cl)c1. The highest BCUT2D eigenvalue weighted by Gasteiger charge is 2.18. The second-order valence-electron chi connectivity index (χ2n) is 3.32. The van der Waals surface area contributed by atoms with Gasteiger partial charge in [0.25, 0.3) is 0 Å². The van der Waals surface area contributed by atoms with E-state index in [1.807, 2.05) is 0 Å². The highest BCUT2D eigenvalue weighted by molar-refractivity contribution is 7.89. The lowest BCUT2D eigenvalue weighted by atomic mass is 10.2. The number of sulfonamides is 1. The summed E-state index contributed by atoms with van der Waals surface area (Å²) < 4.78 is 30.4. The fourth-order valence-electron chi connectivity index (χ4n) is 1.23. The molecule has 1 aromatic rings. The molecule has 0 bridgehead atoms. The van der Waals surface area contributed by atoms with Crippen LogP contribution in [0.3, 0.4) is 0 Å². The van der Waals surface area contributed by atoms with Gasteiger partial charge in [-0.05, 0) is 18.2 Å². The average molecular weight is 293 g/mol. The molecule has 1 rings (SSSR count). The lowest BCUT2D eigenvalue weighted by Gasteiger charge is -2.08. The van der Waals surface area contributed by atoms with Crippen LogP contribution in [0, 0.1) is 0 Å². The van der Waals surface area contributed by atoms with Crippen molar-refractivity contribution >= 4 is 27.6 Å². The number of esters is 1. The highest BCUT2D eigenvalue weighted by Crippen LogP contribution is 2.22. The molecule has 0 amide bonds. The molecule has 0 aliphatic carbocycles. The number of hydrogen-bond donors (Lipinski definition) is 2. The summed E-state index contributed by atoms with van der Waals surface area (Å²) in [7, 11) is -2.49. The second kappa shape index (κ2) is 6.14. The Morgan fingerprint density at radius 2 is 2.17 bits per heavy atom. The molecule has 0 radical (unpaired) electrons. The Morgan fingerprint density at radius 1 is 1.50 bits per heavy atom. The van der Waals surface area contributed by atoms with Crippen LogP contribution in [0.1, 0.15) is 10.4 Å². The van der Waals surface area contributed by atoms with Gasteiger partial charge in [0.2, 0.25) is 10.0 Å². The second-order valence-corrected chi connectivity index (χ2v) is 5.47. The van der Waals surface area contributed by atoms with Gasteiger partial charge in [-0.15, -0.1) is 0 Å². The van der Waals surface area contributed by atoms with E-state index in [-0.39, 0.29) is 28.6 Å². The lowest BCUT2D eigenvalue weighted by molar-refractivity contribution is 0.0600. The van der Waals surface area contributed by atoms with Crippen LogP contribution in [0.25, 0.3) is 0 Å². The Labute approximate surface area is 110 Å². The molecule has 0 saturated carbocycles. The van der Waals surface area contributed by atoms with Gasteiger partial charge in [0.15, 0.2) is 0 Å². The van der Waals surface area contributed by atoms with Crippen molar-refractivity contribution < 1.29 is 17.9 Å². The van der Waals surface area contributed by atoms with Crippen molar-refractivity contribution in [2.24, 2.45) is 5.73 Å². The van der Waals surface area contributed by atoms with Gasteiger partial charge in [-0.25, -0.2) is 17.9 Å². The monoisotopic (exact) mass is 292 g/mol. The number of nitrogens with two attached hydrogens (primary N) is 1. The van der Waals surface area contributed by atoms with E-state index in [2.05, 4.69) is 9.46 Å². The number of ether oxygens (including phenoxy) is 1. The number of rotatable bonds is 5. The first-order valence-electron chi connectivity index (χ1n) is 5.00. The Bertz CT molecular complexity index is 545. The Balaban J connectivity index is 3.09. The van der Waals surface area contributed by atoms with Crippen LogP contribution in [-0.4, -0.2) is 34.6 Å². The molecule has 100 valence electrons. The minimum absolute atomic E-state index is 0.0533. The summed E-state index contributed by atoms with van der Waals surface area (Å²) in [6.45, 7) is 0.286. The number of halogens is 1. The van der Waals surface area contributed by atoms with Crippen LogP contribution < -0.4 is 10.5 Å². The summed E-state index contributed by atoms with van der Waals surface area (Å²) in [6.07, 6.45) is 0. The summed E-state index contributed by atoms with van der Waals surface area (Å²) in [5.74, 6) is -0.587. The number of carbonyl (C=O) groups excluding carboxylic acids is 1. The summed E-state index contributed by atoms with van der Waals surface area (Å²) in [5, 5.41) is -0.0533. The van der Waals surface area contributed by atoms with E-state index >= 15 is 0 Å². The predicted molar refractivity (Wildman–Crippen MR) is 67.0 cm³/mol. The molecule has 0 atom stereocenters. The zero-order valence-electron chi connectivity index (χ0n) is 9.64. The molecule has 18 heavy (non-hydrogen) atoms. The number of methoxy groups -OCH3 is 1. The van der Waals surface area contributed by atoms with Crippen molar-refractivity contribution in [3.05, 3.63) is 28.8 Å². The van der Waals surface area contributed by atoms with Crippen molar-refractivity contribution in [1.29, 1.82) is 0 Å². The van der Waals surface area contributed by atoms with Gasteiger partial charge in [-0.3, -0.25) is 0 Å². The topological polar surface area (TPSA) is 98.5 Å². The zero-order chi connectivity index (χ0) is 13.8. The third kappa shape index (κ3) is 3.42. The maximum absolute atomic E-state index is 11.8. The van der Waals surface area contributed by atoms with E-state index in [0.717, 1.165) is 0 Å². The van der Waals surface area contributed by atoms with Crippen molar-refractivity contribution in [2.45, 2.75) is 4.90 Å². The molecular formula is C10H13ClN2O4S. The molecule has 3 N–H and O–H groups in total. The molecule has 0 unspecified atom stereocenters. The van der Waals surface area contributed by atoms with Gasteiger partial charge < -0.3 is 10.5 Å². The lowest BCUT2D eigenvalue weighted by Crippen LogP contribution is -2.29. The summed E-state index contributed by atoms with van der Waals surface area (Å²) in [4.78, 5) is 11.1. The molecule has 6 nitrogen and oxygen atoms in total. The molecule has 0 aromatic heterocycles. The molecule has 0 fully saturated rings. The fourth-order valence-corrected chi connectivity index (χ4v) is 2.82. The van der Waals surface area contributed by atoms with Gasteiger partial charge in [0.1, 0.15) is 4.90 Å². The molecule has 1 aromatic carbocycles. The van der Waals surface area contributed by atoms with Crippen molar-refractivity contribution in [3.8, 4) is 0 Å². The van der Waals surface area contributed by atoms with E-state index in [0.29, 0.717) is 0 Å². The Kier molecular flexibility index (Phi) is 5.09. The summed E-state index contributed by atoms with van der Waals surface area (Å²) in [5.41, 5.74) is 5.39. The van der Waals surface area contributed by atoms with Crippen LogP contribution >= 0.6 is 11.6 Å². The van der Waals surface area contributed by atoms with Crippen molar-refractivity contribution in [1.82, 2.24) is 4.72 Å². The molecule has 0 spiro atoms. The Morgan fingerprint density at radius 3 is 2.67 bits per heavy atom. The molecule has 0 aliphatic heterocycles. The average Bonchev–Trinajstić information content (AvgIpc) is 2.35. The van der Waals surface area contributed by atoms with E-state index in [1.165, 1.54) is 25.3 Å². The van der Waals surface area contributed by atoms with E-state index in [9.17, 15) is 13.2 Å². The zero-order valence-corrected chi connectivity index (χ0v) is 11.2. The standard InChI is InChI=1S/C10H13ClN2O4S/c1-17-10(14)7-2-3-9(8(11)6-7)18(15,16)13-5-4-12/h2-3,6,13H,4-5,12H2,1H3. The van der Waals surface area contributed by atoms with Crippen LogP contribution in [0.5, 0.6) is 0 Å². The number of hydrogen-bond acceptors (Lipinski definition) is 5. The van der Waals surface area contributed by atoms with E-state index < -0.39 is 16.0 Å². The molecule has 0 heterocycles. The van der Waals surface area contributed by atoms with Gasteiger partial charge in [-0.2, -0.15) is 0 Å². The smallest absolute Gasteiger partial charge is 0.337 e. The number of carbonyl (C=O) groups is 1. The Hall–Kier alpha value is -1.15. The van der Waals surface area contributed by atoms with Gasteiger partial charge in [0.05, 0.1) is 17.7 Å². The van der Waals surface area contributed by atoms with E-state index in [4.69, 9.17) is 17.3 Å². The normalized spacial score (nSPS) is 11.3. The predicted octanol–water partition coefficient (Wildman–Crippen LogP) is 0.364. The minimum Gasteiger partial charge on any atom is -0.465 e. The quantitative estimate of drug-likeness (QED) is 0.764. The fraction of sp³-hybridized carbons (Fsp3) is 0.300. The van der Waals surface area contributed by atoms with Gasteiger partial charge in [-0.1, -0.05) is 11.6 Å². The third-order valence-corrected chi connectivity index (χ3v) is 4.02. The largest absolute Gasteiger partial charge is 0.465 e. The first-order valence-corrected chi connectivity index (χ1v) is 6.86. The van der Waals surface area contributed by atoms with Gasteiger partial charge in [0, 0.05) is 13.1 Å². The summed E-state index contributed by atoms with van der Waals surface area (Å²) in [6, 6.07) is 3.81.